The number of unbranched alkanes of at least 4 members (excludes halogenated alkanes) is 31. The maximum absolute atomic E-state index is 12.6. The number of hydrogen-bond acceptors (Lipinski definition) is 6. The highest BCUT2D eigenvalue weighted by molar-refractivity contribution is 7.47. The van der Waals surface area contributed by atoms with E-state index in [1.54, 1.807) is 0 Å². The van der Waals surface area contributed by atoms with Gasteiger partial charge in [-0.1, -0.05) is 213 Å². The lowest BCUT2D eigenvalue weighted by Gasteiger charge is -2.24. The van der Waals surface area contributed by atoms with Crippen LogP contribution in [0.2, 0.25) is 0 Å². The second kappa shape index (κ2) is 40.3. The summed E-state index contributed by atoms with van der Waals surface area (Å²) >= 11 is 0. The fourth-order valence-electron chi connectivity index (χ4n) is 6.97. The zero-order chi connectivity index (χ0) is 40.6. The van der Waals surface area contributed by atoms with E-state index in [1.165, 1.54) is 180 Å². The summed E-state index contributed by atoms with van der Waals surface area (Å²) in [5, 5.41) is 0. The normalized spacial score (nSPS) is 13.6. The van der Waals surface area contributed by atoms with Gasteiger partial charge in [-0.05, 0) is 12.8 Å². The number of phosphoric acid groups is 1. The van der Waals surface area contributed by atoms with Crippen LogP contribution in [0.5, 0.6) is 0 Å². The minimum Gasteiger partial charge on any atom is -0.457 e. The van der Waals surface area contributed by atoms with Crippen LogP contribution >= 0.6 is 7.82 Å². The van der Waals surface area contributed by atoms with E-state index in [1.807, 2.05) is 21.1 Å². The van der Waals surface area contributed by atoms with Gasteiger partial charge < -0.3 is 18.9 Å². The van der Waals surface area contributed by atoms with Gasteiger partial charge in [-0.2, -0.15) is 0 Å². The van der Waals surface area contributed by atoms with Crippen molar-refractivity contribution in [3.63, 3.8) is 0 Å². The van der Waals surface area contributed by atoms with E-state index < -0.39 is 13.9 Å². The molecule has 2 unspecified atom stereocenters. The second-order valence-corrected chi connectivity index (χ2v) is 19.0. The van der Waals surface area contributed by atoms with Crippen LogP contribution in [0, 0.1) is 0 Å². The van der Waals surface area contributed by atoms with Crippen LogP contribution in [0.1, 0.15) is 232 Å². The van der Waals surface area contributed by atoms with Crippen LogP contribution < -0.4 is 0 Å². The molecule has 0 aliphatic rings. The largest absolute Gasteiger partial charge is 0.472 e. The van der Waals surface area contributed by atoms with E-state index in [0.717, 1.165) is 32.1 Å². The van der Waals surface area contributed by atoms with Crippen molar-refractivity contribution in [1.82, 2.24) is 0 Å². The average Bonchev–Trinajstić information content (AvgIpc) is 3.13. The molecule has 0 spiro atoms. The number of carbonyl (C=O) groups is 1. The molecule has 8 nitrogen and oxygen atoms in total. The van der Waals surface area contributed by atoms with Crippen LogP contribution in [0.25, 0.3) is 0 Å². The van der Waals surface area contributed by atoms with E-state index in [4.69, 9.17) is 18.5 Å². The molecule has 0 saturated carbocycles. The van der Waals surface area contributed by atoms with E-state index in [-0.39, 0.29) is 25.8 Å². The van der Waals surface area contributed by atoms with Gasteiger partial charge in [-0.25, -0.2) is 4.57 Å². The van der Waals surface area contributed by atoms with E-state index in [9.17, 15) is 14.3 Å². The summed E-state index contributed by atoms with van der Waals surface area (Å²) in [5.41, 5.74) is 0. The van der Waals surface area contributed by atoms with Crippen LogP contribution in [0.3, 0.4) is 0 Å². The van der Waals surface area contributed by atoms with Crippen LogP contribution in [0.4, 0.5) is 0 Å². The summed E-state index contributed by atoms with van der Waals surface area (Å²) in [5.74, 6) is -0.313. The van der Waals surface area contributed by atoms with Gasteiger partial charge in [0.15, 0.2) is 0 Å². The molecule has 0 fully saturated rings. The predicted octanol–water partition coefficient (Wildman–Crippen LogP) is 14.1. The topological polar surface area (TPSA) is 91.3 Å². The summed E-state index contributed by atoms with van der Waals surface area (Å²) < 4.78 is 34.9. The quantitative estimate of drug-likeness (QED) is 0.0284. The first-order valence-electron chi connectivity index (χ1n) is 23.8. The van der Waals surface area contributed by atoms with E-state index >= 15 is 0 Å². The summed E-state index contributed by atoms with van der Waals surface area (Å²) in [4.78, 5) is 22.8. The predicted molar refractivity (Wildman–Crippen MR) is 234 cm³/mol. The molecule has 0 heterocycles. The molecule has 0 bridgehead atoms. The Kier molecular flexibility index (Phi) is 39.9. The monoisotopic (exact) mass is 805 g/mol. The summed E-state index contributed by atoms with van der Waals surface area (Å²) in [6.45, 7) is 5.65. The molecule has 2 atom stereocenters. The Bertz CT molecular complexity index is 853. The first-order chi connectivity index (χ1) is 26.6. The number of hydrogen-bond donors (Lipinski definition) is 1. The van der Waals surface area contributed by atoms with Crippen LogP contribution in [-0.4, -0.2) is 75.6 Å². The molecule has 0 aliphatic heterocycles. The van der Waals surface area contributed by atoms with Gasteiger partial charge in [-0.3, -0.25) is 13.8 Å². The Hall–Kier alpha value is -0.500. The first kappa shape index (κ1) is 54.5. The third-order valence-electron chi connectivity index (χ3n) is 10.7. The Morgan fingerprint density at radius 2 is 0.836 bits per heavy atom. The summed E-state index contributed by atoms with van der Waals surface area (Å²) in [6.07, 6.45) is 43.1. The fraction of sp³-hybridized carbons (Fsp3) is 0.978. The summed E-state index contributed by atoms with van der Waals surface area (Å²) in [7, 11) is 1.68. The molecule has 1 N–H and O–H groups in total. The standard InChI is InChI=1S/C46H94NO7P/c1-6-8-10-12-14-16-17-18-19-20-21-22-23-24-25-26-27-28-29-30-31-32-34-36-38-41-51-43-45(44-53-55(49,50)52-42-40-47(3,4)5)54-46(48)39-37-35-33-15-13-11-9-7-2/h45H,6-44H2,1-5H3/p+1. The van der Waals surface area contributed by atoms with Gasteiger partial charge in [0, 0.05) is 13.0 Å². The maximum Gasteiger partial charge on any atom is 0.472 e. The van der Waals surface area contributed by atoms with Crippen molar-refractivity contribution in [3.05, 3.63) is 0 Å². The SMILES string of the molecule is CCCCCCCCCCCCCCCCCCCCCCCCCCCOCC(COP(=O)(O)OCC[N+](C)(C)C)OC(=O)CCCCCCCCCC. The minimum atomic E-state index is -4.26. The number of quaternary nitrogens is 1. The molecular weight excluding hydrogens is 709 g/mol. The van der Waals surface area contributed by atoms with Crippen molar-refractivity contribution in [2.45, 2.75) is 238 Å². The number of esters is 1. The second-order valence-electron chi connectivity index (χ2n) is 17.5. The van der Waals surface area contributed by atoms with Gasteiger partial charge in [0.25, 0.3) is 0 Å². The molecule has 55 heavy (non-hydrogen) atoms. The van der Waals surface area contributed by atoms with Crippen LogP contribution in [0.15, 0.2) is 0 Å². The summed E-state index contributed by atoms with van der Waals surface area (Å²) in [6, 6.07) is 0. The number of phosphoric ester groups is 1. The fourth-order valence-corrected chi connectivity index (χ4v) is 7.71. The molecule has 0 rings (SSSR count). The Labute approximate surface area is 342 Å². The first-order valence-corrected chi connectivity index (χ1v) is 25.3. The average molecular weight is 805 g/mol. The molecule has 0 saturated heterocycles. The Morgan fingerprint density at radius 1 is 0.491 bits per heavy atom. The lowest BCUT2D eigenvalue weighted by Crippen LogP contribution is -2.37. The van der Waals surface area contributed by atoms with Crippen molar-refractivity contribution in [2.75, 3.05) is 54.1 Å². The van der Waals surface area contributed by atoms with Gasteiger partial charge >= 0.3 is 13.8 Å². The zero-order valence-electron chi connectivity index (χ0n) is 37.4. The third kappa shape index (κ3) is 44.4. The van der Waals surface area contributed by atoms with Gasteiger partial charge in [0.2, 0.25) is 0 Å². The van der Waals surface area contributed by atoms with E-state index in [2.05, 4.69) is 13.8 Å². The minimum absolute atomic E-state index is 0.0935. The number of rotatable bonds is 45. The van der Waals surface area contributed by atoms with Gasteiger partial charge in [-0.15, -0.1) is 0 Å². The highest BCUT2D eigenvalue weighted by Gasteiger charge is 2.26. The lowest BCUT2D eigenvalue weighted by atomic mass is 10.0. The van der Waals surface area contributed by atoms with Crippen molar-refractivity contribution < 1.29 is 37.3 Å². The highest BCUT2D eigenvalue weighted by atomic mass is 31.2. The molecule has 0 aliphatic carbocycles. The molecule has 0 radical (unpaired) electrons. The van der Waals surface area contributed by atoms with Gasteiger partial charge in [0.1, 0.15) is 19.3 Å². The molecule has 330 valence electrons. The van der Waals surface area contributed by atoms with Crippen molar-refractivity contribution in [2.24, 2.45) is 0 Å². The molecule has 9 heteroatoms. The molecule has 0 aromatic heterocycles. The smallest absolute Gasteiger partial charge is 0.457 e. The van der Waals surface area contributed by atoms with E-state index in [0.29, 0.717) is 24.1 Å². The molecule has 0 aromatic carbocycles. The lowest BCUT2D eigenvalue weighted by molar-refractivity contribution is -0.870. The van der Waals surface area contributed by atoms with Gasteiger partial charge in [0.05, 0.1) is 34.4 Å². The highest BCUT2D eigenvalue weighted by Crippen LogP contribution is 2.43. The molecular formula is C46H95NO7P+. The van der Waals surface area contributed by atoms with Crippen LogP contribution in [-0.2, 0) is 27.9 Å². The van der Waals surface area contributed by atoms with Crippen molar-refractivity contribution in [3.8, 4) is 0 Å². The number of carbonyl (C=O) groups excluding carboxylic acids is 1. The molecule has 0 amide bonds. The number of ether oxygens (including phenoxy) is 2. The third-order valence-corrected chi connectivity index (χ3v) is 11.7. The number of nitrogens with zero attached hydrogens (tertiary/aromatic N) is 1. The Morgan fingerprint density at radius 3 is 1.20 bits per heavy atom. The maximum atomic E-state index is 12.6. The number of likely N-dealkylation sites (N-methyl/N-ethyl adjacent to an activating group) is 1. The molecule has 0 aromatic rings. The van der Waals surface area contributed by atoms with Crippen molar-refractivity contribution in [1.29, 1.82) is 0 Å². The zero-order valence-corrected chi connectivity index (χ0v) is 38.3. The Balaban J connectivity index is 3.91. The van der Waals surface area contributed by atoms with Crippen molar-refractivity contribution >= 4 is 13.8 Å².